The van der Waals surface area contributed by atoms with Gasteiger partial charge in [-0.1, -0.05) is 367 Å². The van der Waals surface area contributed by atoms with E-state index in [-0.39, 0.29) is 20.4 Å². The van der Waals surface area contributed by atoms with Crippen LogP contribution in [0.4, 0.5) is 0 Å². The summed E-state index contributed by atoms with van der Waals surface area (Å²) in [5, 5.41) is 0. The van der Waals surface area contributed by atoms with E-state index in [0.717, 1.165) is 73.9 Å². The Balaban J connectivity index is 0.00000126. The Hall–Kier alpha value is -2.08. The molecule has 0 amide bonds. The first-order valence-electron chi connectivity index (χ1n) is 36.9. The fraction of sp³-hybridized carbons (Fsp3) is 0.750. The van der Waals surface area contributed by atoms with Gasteiger partial charge in [0.1, 0.15) is 0 Å². The van der Waals surface area contributed by atoms with E-state index in [1.807, 2.05) is 0 Å². The maximum absolute atomic E-state index is 11.8. The van der Waals surface area contributed by atoms with Crippen molar-refractivity contribution in [2.24, 2.45) is 0 Å². The molecule has 3 rings (SSSR count). The molecule has 0 unspecified atom stereocenters. The number of hydrogen-bond acceptors (Lipinski definition) is 0. The predicted molar refractivity (Wildman–Crippen MR) is 372 cm³/mol. The summed E-state index contributed by atoms with van der Waals surface area (Å²) in [5.74, 6) is 0. The Kier molecular flexibility index (Phi) is 61.4. The molecular formula is C80H140N2Pd. The predicted octanol–water partition coefficient (Wildman–Crippen LogP) is 28.5. The fourth-order valence-corrected chi connectivity index (χ4v) is 12.0. The maximum atomic E-state index is 11.8. The van der Waals surface area contributed by atoms with Gasteiger partial charge in [0.15, 0.2) is 0 Å². The third kappa shape index (κ3) is 44.9. The van der Waals surface area contributed by atoms with Crippen molar-refractivity contribution in [3.63, 3.8) is 0 Å². The van der Waals surface area contributed by atoms with Crippen LogP contribution in [0.3, 0.4) is 0 Å². The van der Waals surface area contributed by atoms with Crippen molar-refractivity contribution in [1.82, 2.24) is 0 Å². The van der Waals surface area contributed by atoms with E-state index < -0.39 is 0 Å². The molecule has 0 atom stereocenters. The smallest absolute Gasteiger partial charge is 0.493 e. The molecule has 1 heterocycles. The molecule has 1 aliphatic rings. The molecule has 0 bridgehead atoms. The van der Waals surface area contributed by atoms with Gasteiger partial charge in [0.05, 0.1) is 5.57 Å². The van der Waals surface area contributed by atoms with Gasteiger partial charge in [-0.3, -0.25) is 0 Å². The standard InChI is InChI=1S/C34H46N2.2C23H47.Pd/c1-5-9-13-17-27-19-15-21-29(25-27)33-31(23-11-7-3)32(24-12-8-4)34(36(33)35)30-22-16-20-28(26-30)18-14-10-6-2;2*1-3-5-7-9-11-13-15-17-19-21-23-22-20-18-16-14-12-10-8-6-4-2;/h11,15-16,19-23,25-26H,5-10,12-14,17-18,24H2,1-4H3;2*1,3-23H2,2H3;/q;2*-1;+2. The van der Waals surface area contributed by atoms with E-state index in [0.29, 0.717) is 0 Å². The zero-order valence-corrected chi connectivity index (χ0v) is 58.1. The largest absolute Gasteiger partial charge is 2.00 e. The molecule has 1 aliphatic heterocycles. The van der Waals surface area contributed by atoms with Crippen molar-refractivity contribution in [3.05, 3.63) is 113 Å². The van der Waals surface area contributed by atoms with Crippen LogP contribution in [-0.2, 0) is 33.3 Å². The average molecular weight is 1240 g/mol. The van der Waals surface area contributed by atoms with Gasteiger partial charge in [-0.2, -0.15) is 12.8 Å². The van der Waals surface area contributed by atoms with E-state index in [9.17, 15) is 5.53 Å². The minimum atomic E-state index is 0. The maximum Gasteiger partial charge on any atom is 2.00 e. The Bertz CT molecular complexity index is 1720. The van der Waals surface area contributed by atoms with Crippen LogP contribution in [0.2, 0.25) is 0 Å². The number of allylic oxidation sites excluding steroid dienone is 4. The average Bonchev–Trinajstić information content (AvgIpc) is 2.12. The van der Waals surface area contributed by atoms with Crippen molar-refractivity contribution in [1.29, 1.82) is 0 Å². The van der Waals surface area contributed by atoms with E-state index in [2.05, 4.69) is 116 Å². The fourth-order valence-electron chi connectivity index (χ4n) is 12.0. The second kappa shape index (κ2) is 63.0. The van der Waals surface area contributed by atoms with Crippen LogP contribution in [0.5, 0.6) is 0 Å². The van der Waals surface area contributed by atoms with Crippen molar-refractivity contribution in [2.45, 2.75) is 388 Å². The van der Waals surface area contributed by atoms with Crippen molar-refractivity contribution >= 4 is 11.4 Å². The molecule has 2 nitrogen and oxygen atoms in total. The molecule has 0 aromatic heterocycles. The van der Waals surface area contributed by atoms with Crippen LogP contribution in [0.25, 0.3) is 16.9 Å². The van der Waals surface area contributed by atoms with Crippen molar-refractivity contribution in [2.75, 3.05) is 0 Å². The molecule has 0 fully saturated rings. The van der Waals surface area contributed by atoms with Crippen molar-refractivity contribution < 1.29 is 25.1 Å². The van der Waals surface area contributed by atoms with Gasteiger partial charge in [-0.15, -0.1) is 0 Å². The van der Waals surface area contributed by atoms with E-state index in [4.69, 9.17) is 0 Å². The summed E-state index contributed by atoms with van der Waals surface area (Å²) in [7, 11) is 0. The van der Waals surface area contributed by atoms with Crippen LogP contribution in [0.1, 0.15) is 398 Å². The zero-order chi connectivity index (χ0) is 59.5. The zero-order valence-electron chi connectivity index (χ0n) is 56.6. The Morgan fingerprint density at radius 2 is 0.614 bits per heavy atom. The molecule has 0 N–H and O–H groups in total. The van der Waals surface area contributed by atoms with Gasteiger partial charge < -0.3 is 19.4 Å². The normalized spacial score (nSPS) is 12.3. The molecular weight excluding hydrogens is 1100 g/mol. The third-order valence-corrected chi connectivity index (χ3v) is 17.3. The van der Waals surface area contributed by atoms with E-state index in [1.165, 1.54) is 322 Å². The number of benzene rings is 2. The number of hydrogen-bond donors (Lipinski definition) is 0. The summed E-state index contributed by atoms with van der Waals surface area (Å²) >= 11 is 0. The summed E-state index contributed by atoms with van der Waals surface area (Å²) in [6, 6.07) is 17.7. The van der Waals surface area contributed by atoms with Crippen LogP contribution >= 0.6 is 0 Å². The first-order valence-corrected chi connectivity index (χ1v) is 36.9. The summed E-state index contributed by atoms with van der Waals surface area (Å²) < 4.78 is 1.50. The topological polar surface area (TPSA) is 25.3 Å². The molecule has 83 heavy (non-hydrogen) atoms. The van der Waals surface area contributed by atoms with Crippen LogP contribution in [-0.4, -0.2) is 4.70 Å². The van der Waals surface area contributed by atoms with Crippen LogP contribution in [0.15, 0.2) is 71.8 Å². The molecule has 0 aliphatic carbocycles. The monoisotopic (exact) mass is 1240 g/mol. The van der Waals surface area contributed by atoms with E-state index in [1.54, 1.807) is 0 Å². The summed E-state index contributed by atoms with van der Waals surface area (Å²) in [4.78, 5) is 0. The molecule has 0 saturated carbocycles. The molecule has 480 valence electrons. The molecule has 3 heteroatoms. The van der Waals surface area contributed by atoms with E-state index >= 15 is 0 Å². The summed E-state index contributed by atoms with van der Waals surface area (Å²) in [5.41, 5.74) is 21.0. The summed E-state index contributed by atoms with van der Waals surface area (Å²) in [6.07, 6.45) is 78.8. The molecule has 0 saturated heterocycles. The van der Waals surface area contributed by atoms with Crippen LogP contribution < -0.4 is 0 Å². The second-order valence-corrected chi connectivity index (χ2v) is 25.3. The first-order chi connectivity index (χ1) is 40.5. The Labute approximate surface area is 534 Å². The van der Waals surface area contributed by atoms with Gasteiger partial charge in [0.25, 0.3) is 0 Å². The van der Waals surface area contributed by atoms with Gasteiger partial charge in [0.2, 0.25) is 11.4 Å². The van der Waals surface area contributed by atoms with Gasteiger partial charge in [-0.25, -0.2) is 4.70 Å². The quantitative estimate of drug-likeness (QED) is 0.0273. The molecule has 2 aromatic rings. The molecule has 0 radical (unpaired) electrons. The number of aryl methyl sites for hydroxylation is 2. The third-order valence-electron chi connectivity index (χ3n) is 17.3. The molecule has 2 aromatic carbocycles. The number of nitrogens with zero attached hydrogens (tertiary/aromatic N) is 2. The molecule has 0 spiro atoms. The number of unbranched alkanes of at least 4 members (excludes halogenated alkanes) is 45. The van der Waals surface area contributed by atoms with Crippen molar-refractivity contribution in [3.8, 4) is 0 Å². The SMILES string of the molecule is CCC=CC1=C(c2cccc(CCCCC)c2)[N+](=[N-])C(c2cccc(CCCCC)c2)=C1CCCC.[CH2-]CCCCCCCCCCCCCCCCCCCCCC.[CH2-]CCCCCCCCCCCCCCCCCCCCCC.[Pd+2]. The van der Waals surface area contributed by atoms with Gasteiger partial charge in [-0.05, 0) is 80.3 Å². The van der Waals surface area contributed by atoms with Crippen LogP contribution in [0, 0.1) is 13.8 Å². The Morgan fingerprint density at radius 1 is 0.337 bits per heavy atom. The van der Waals surface area contributed by atoms with Gasteiger partial charge in [0, 0.05) is 16.7 Å². The van der Waals surface area contributed by atoms with Gasteiger partial charge >= 0.3 is 20.4 Å². The second-order valence-electron chi connectivity index (χ2n) is 25.3. The number of rotatable bonds is 55. The minimum absolute atomic E-state index is 0. The Morgan fingerprint density at radius 3 is 0.904 bits per heavy atom. The first kappa shape index (κ1) is 80.9. The summed E-state index contributed by atoms with van der Waals surface area (Å²) in [6.45, 7) is 21.3. The minimum Gasteiger partial charge on any atom is -0.493 e.